The SMILES string of the molecule is COc1cc2nnc(-c3cc(C)on3)n2nc1OCc1ccc2c(ccn2C2COC2)n1. The molecule has 1 saturated heterocycles. The standard InChI is InChI=1S/C21H19N7O4/c1-12-7-16(26-32-12)20-24-23-19-8-18(29-2)21(25-28(19)20)31-9-13-3-4-17-15(22-13)5-6-27(17)14-10-30-11-14/h3-8,14H,9-11H2,1-2H3. The molecule has 0 N–H and O–H groups in total. The van der Waals surface area contributed by atoms with Gasteiger partial charge in [-0.2, -0.15) is 4.52 Å². The average Bonchev–Trinajstić information content (AvgIpc) is 3.48. The smallest absolute Gasteiger partial charge is 0.275 e. The first-order valence-electron chi connectivity index (χ1n) is 10.1. The van der Waals surface area contributed by atoms with Gasteiger partial charge in [0, 0.05) is 18.3 Å². The van der Waals surface area contributed by atoms with Crippen molar-refractivity contribution in [2.75, 3.05) is 20.3 Å². The summed E-state index contributed by atoms with van der Waals surface area (Å²) in [5.41, 5.74) is 3.81. The summed E-state index contributed by atoms with van der Waals surface area (Å²) < 4.78 is 25.6. The zero-order valence-electron chi connectivity index (χ0n) is 17.4. The maximum absolute atomic E-state index is 5.98. The van der Waals surface area contributed by atoms with E-state index in [1.54, 1.807) is 23.8 Å². The molecule has 0 radical (unpaired) electrons. The van der Waals surface area contributed by atoms with E-state index in [-0.39, 0.29) is 6.61 Å². The van der Waals surface area contributed by atoms with E-state index in [4.69, 9.17) is 23.7 Å². The van der Waals surface area contributed by atoms with Crippen LogP contribution >= 0.6 is 0 Å². The van der Waals surface area contributed by atoms with Gasteiger partial charge in [0.1, 0.15) is 12.4 Å². The van der Waals surface area contributed by atoms with Crippen LogP contribution in [0.5, 0.6) is 11.6 Å². The van der Waals surface area contributed by atoms with Gasteiger partial charge < -0.3 is 23.3 Å². The number of hydrogen-bond acceptors (Lipinski definition) is 9. The molecule has 0 aromatic carbocycles. The Morgan fingerprint density at radius 1 is 1.16 bits per heavy atom. The van der Waals surface area contributed by atoms with Crippen molar-refractivity contribution in [3.05, 3.63) is 48.0 Å². The summed E-state index contributed by atoms with van der Waals surface area (Å²) in [4.78, 5) is 4.72. The number of fused-ring (bicyclic) bond motifs is 2. The number of ether oxygens (including phenoxy) is 3. The number of nitrogens with zero attached hydrogens (tertiary/aromatic N) is 7. The predicted molar refractivity (Wildman–Crippen MR) is 111 cm³/mol. The first kappa shape index (κ1) is 18.8. The highest BCUT2D eigenvalue weighted by Crippen LogP contribution is 2.29. The van der Waals surface area contributed by atoms with E-state index >= 15 is 0 Å². The van der Waals surface area contributed by atoms with E-state index in [1.807, 2.05) is 25.3 Å². The van der Waals surface area contributed by atoms with Crippen LogP contribution in [0.1, 0.15) is 17.5 Å². The second kappa shape index (κ2) is 7.31. The number of methoxy groups -OCH3 is 1. The van der Waals surface area contributed by atoms with Crippen molar-refractivity contribution in [1.29, 1.82) is 0 Å². The lowest BCUT2D eigenvalue weighted by Gasteiger charge is -2.28. The molecule has 0 spiro atoms. The fourth-order valence-electron chi connectivity index (χ4n) is 3.68. The van der Waals surface area contributed by atoms with Crippen LogP contribution in [0.2, 0.25) is 0 Å². The maximum Gasteiger partial charge on any atom is 0.275 e. The molecule has 5 aromatic heterocycles. The summed E-state index contributed by atoms with van der Waals surface area (Å²) in [7, 11) is 1.55. The summed E-state index contributed by atoms with van der Waals surface area (Å²) >= 11 is 0. The molecule has 1 aliphatic rings. The van der Waals surface area contributed by atoms with Gasteiger partial charge in [-0.05, 0) is 25.1 Å². The second-order valence-corrected chi connectivity index (χ2v) is 7.54. The van der Waals surface area contributed by atoms with Crippen LogP contribution in [0.3, 0.4) is 0 Å². The van der Waals surface area contributed by atoms with Gasteiger partial charge in [0.05, 0.1) is 43.1 Å². The zero-order valence-corrected chi connectivity index (χ0v) is 17.4. The van der Waals surface area contributed by atoms with Crippen molar-refractivity contribution in [3.8, 4) is 23.1 Å². The third kappa shape index (κ3) is 3.05. The molecular formula is C21H19N7O4. The van der Waals surface area contributed by atoms with Crippen LogP contribution < -0.4 is 9.47 Å². The van der Waals surface area contributed by atoms with Crippen LogP contribution in [0.4, 0.5) is 0 Å². The minimum Gasteiger partial charge on any atom is -0.491 e. The molecule has 11 heteroatoms. The molecular weight excluding hydrogens is 414 g/mol. The van der Waals surface area contributed by atoms with Crippen molar-refractivity contribution in [1.82, 2.24) is 34.5 Å². The lowest BCUT2D eigenvalue weighted by atomic mass is 10.2. The van der Waals surface area contributed by atoms with Crippen molar-refractivity contribution >= 4 is 16.7 Å². The molecule has 0 amide bonds. The number of aryl methyl sites for hydroxylation is 1. The van der Waals surface area contributed by atoms with Crippen LogP contribution in [-0.4, -0.2) is 54.8 Å². The highest BCUT2D eigenvalue weighted by Gasteiger charge is 2.22. The Labute approximate surface area is 181 Å². The Morgan fingerprint density at radius 3 is 2.81 bits per heavy atom. The van der Waals surface area contributed by atoms with Gasteiger partial charge in [0.15, 0.2) is 17.1 Å². The number of rotatable bonds is 6. The minimum atomic E-state index is 0.225. The molecule has 0 atom stereocenters. The van der Waals surface area contributed by atoms with Gasteiger partial charge in [-0.15, -0.1) is 15.3 Å². The number of aromatic nitrogens is 7. The Hall–Kier alpha value is -3.99. The van der Waals surface area contributed by atoms with E-state index in [9.17, 15) is 0 Å². The normalized spacial score (nSPS) is 14.2. The Bertz CT molecular complexity index is 1430. The van der Waals surface area contributed by atoms with Crippen molar-refractivity contribution in [2.45, 2.75) is 19.6 Å². The molecule has 6 rings (SSSR count). The molecule has 0 aliphatic carbocycles. The van der Waals surface area contributed by atoms with Crippen LogP contribution in [0.15, 0.2) is 41.1 Å². The first-order chi connectivity index (χ1) is 15.7. The highest BCUT2D eigenvalue weighted by molar-refractivity contribution is 5.76. The average molecular weight is 433 g/mol. The van der Waals surface area contributed by atoms with Crippen LogP contribution in [-0.2, 0) is 11.3 Å². The van der Waals surface area contributed by atoms with Gasteiger partial charge in [-0.25, -0.2) is 4.98 Å². The van der Waals surface area contributed by atoms with E-state index < -0.39 is 0 Å². The number of pyridine rings is 1. The lowest BCUT2D eigenvalue weighted by Crippen LogP contribution is -2.30. The minimum absolute atomic E-state index is 0.225. The first-order valence-corrected chi connectivity index (χ1v) is 10.1. The molecule has 32 heavy (non-hydrogen) atoms. The van der Waals surface area contributed by atoms with Gasteiger partial charge >= 0.3 is 0 Å². The largest absolute Gasteiger partial charge is 0.491 e. The second-order valence-electron chi connectivity index (χ2n) is 7.54. The zero-order chi connectivity index (χ0) is 21.7. The van der Waals surface area contributed by atoms with Gasteiger partial charge in [-0.1, -0.05) is 5.16 Å². The Balaban J connectivity index is 1.29. The Kier molecular flexibility index (Phi) is 4.28. The molecule has 6 heterocycles. The van der Waals surface area contributed by atoms with Crippen molar-refractivity contribution in [2.24, 2.45) is 0 Å². The monoisotopic (exact) mass is 433 g/mol. The number of hydrogen-bond donors (Lipinski definition) is 0. The summed E-state index contributed by atoms with van der Waals surface area (Å²) in [5.74, 6) is 1.87. The fraction of sp³-hybridized carbons (Fsp3) is 0.286. The quantitative estimate of drug-likeness (QED) is 0.398. The van der Waals surface area contributed by atoms with E-state index in [0.717, 1.165) is 29.9 Å². The molecule has 1 fully saturated rings. The summed E-state index contributed by atoms with van der Waals surface area (Å²) in [6.07, 6.45) is 2.05. The third-order valence-electron chi connectivity index (χ3n) is 5.41. The summed E-state index contributed by atoms with van der Waals surface area (Å²) in [6.45, 7) is 3.51. The summed E-state index contributed by atoms with van der Waals surface area (Å²) in [6, 6.07) is 9.87. The van der Waals surface area contributed by atoms with Gasteiger partial charge in [-0.3, -0.25) is 0 Å². The Morgan fingerprint density at radius 2 is 2.06 bits per heavy atom. The van der Waals surface area contributed by atoms with Gasteiger partial charge in [0.25, 0.3) is 5.88 Å². The maximum atomic E-state index is 5.98. The lowest BCUT2D eigenvalue weighted by molar-refractivity contribution is -0.0213. The van der Waals surface area contributed by atoms with Gasteiger partial charge in [0.2, 0.25) is 5.82 Å². The molecule has 0 saturated carbocycles. The highest BCUT2D eigenvalue weighted by atomic mass is 16.5. The molecule has 1 aliphatic heterocycles. The topological polar surface area (TPSA) is 115 Å². The molecule has 0 bridgehead atoms. The van der Waals surface area contributed by atoms with E-state index in [1.165, 1.54) is 0 Å². The predicted octanol–water partition coefficient (Wildman–Crippen LogP) is 2.60. The van der Waals surface area contributed by atoms with Crippen LogP contribution in [0.25, 0.3) is 28.2 Å². The van der Waals surface area contributed by atoms with E-state index in [0.29, 0.717) is 40.6 Å². The molecule has 162 valence electrons. The molecule has 5 aromatic rings. The summed E-state index contributed by atoms with van der Waals surface area (Å²) in [5, 5.41) is 16.8. The fourth-order valence-corrected chi connectivity index (χ4v) is 3.68. The molecule has 0 unspecified atom stereocenters. The van der Waals surface area contributed by atoms with Crippen LogP contribution in [0, 0.1) is 6.92 Å². The third-order valence-corrected chi connectivity index (χ3v) is 5.41. The molecule has 11 nitrogen and oxygen atoms in total. The van der Waals surface area contributed by atoms with E-state index in [2.05, 4.69) is 31.1 Å². The van der Waals surface area contributed by atoms with Crippen molar-refractivity contribution in [3.63, 3.8) is 0 Å². The van der Waals surface area contributed by atoms with Crippen molar-refractivity contribution < 1.29 is 18.7 Å².